The van der Waals surface area contributed by atoms with Crippen LogP contribution in [-0.4, -0.2) is 6.85 Å². The van der Waals surface area contributed by atoms with Crippen LogP contribution in [0.2, 0.25) is 0 Å². The molecule has 0 bridgehead atoms. The van der Waals surface area contributed by atoms with Gasteiger partial charge in [0.15, 0.2) is 0 Å². The summed E-state index contributed by atoms with van der Waals surface area (Å²) in [4.78, 5) is 5.55. The highest BCUT2D eigenvalue weighted by atomic mass is 32.1. The highest BCUT2D eigenvalue weighted by Gasteiger charge is 2.50. The lowest BCUT2D eigenvalue weighted by atomic mass is 9.43. The Labute approximate surface area is 423 Å². The summed E-state index contributed by atoms with van der Waals surface area (Å²) in [5, 5.41) is 5.29. The van der Waals surface area contributed by atoms with Gasteiger partial charge in [0.1, 0.15) is 0 Å². The van der Waals surface area contributed by atoms with Crippen LogP contribution >= 0.6 is 11.3 Å². The van der Waals surface area contributed by atoms with Gasteiger partial charge in [0, 0.05) is 32.6 Å². The number of anilines is 5. The minimum atomic E-state index is -0.0906. The summed E-state index contributed by atoms with van der Waals surface area (Å²) in [5.41, 5.74) is 22.1. The van der Waals surface area contributed by atoms with E-state index < -0.39 is 0 Å². The molecule has 0 amide bonds. The SMILES string of the molecule is CC(C)(C)c1ccc2c(c1)-c1cc3ccccc3c3c1B(c1c(sc4cc5c(cc14)C(C)(C)CCC5(C)C)N3c1ccc(C(C)(C)C)cc1-c1ccccc1)N2c1ccc2c(c1)C(C)(C)CCC2(C)C. The molecule has 0 spiro atoms. The maximum atomic E-state index is 2.80. The van der Waals surface area contributed by atoms with Crippen molar-refractivity contribution in [3.63, 3.8) is 0 Å². The van der Waals surface area contributed by atoms with E-state index in [2.05, 4.69) is 234 Å². The molecule has 12 rings (SSSR count). The molecule has 0 saturated heterocycles. The third-order valence-electron chi connectivity index (χ3n) is 17.7. The minimum absolute atomic E-state index is 0.0251. The van der Waals surface area contributed by atoms with Gasteiger partial charge in [-0.1, -0.05) is 170 Å². The van der Waals surface area contributed by atoms with Crippen LogP contribution in [0.15, 0.2) is 127 Å². The first kappa shape index (κ1) is 45.6. The Morgan fingerprint density at radius 3 is 1.67 bits per heavy atom. The summed E-state index contributed by atoms with van der Waals surface area (Å²) in [5.74, 6) is 0. The van der Waals surface area contributed by atoms with E-state index in [4.69, 9.17) is 0 Å². The Balaban J connectivity index is 1.27. The Bertz CT molecular complexity index is 3480. The lowest BCUT2D eigenvalue weighted by Gasteiger charge is -2.47. The highest BCUT2D eigenvalue weighted by molar-refractivity contribution is 7.26. The van der Waals surface area contributed by atoms with Gasteiger partial charge in [0.05, 0.1) is 16.4 Å². The largest absolute Gasteiger partial charge is 0.376 e. The van der Waals surface area contributed by atoms with E-state index in [9.17, 15) is 0 Å². The Kier molecular flexibility index (Phi) is 9.75. The Morgan fingerprint density at radius 2 is 1.03 bits per heavy atom. The van der Waals surface area contributed by atoms with Crippen LogP contribution in [0.5, 0.6) is 0 Å². The number of thiophene rings is 1. The molecule has 0 fully saturated rings. The van der Waals surface area contributed by atoms with Crippen LogP contribution in [0, 0.1) is 0 Å². The molecule has 0 saturated carbocycles. The molecule has 2 aliphatic carbocycles. The fourth-order valence-corrected chi connectivity index (χ4v) is 14.3. The second-order valence-corrected chi connectivity index (χ2v) is 27.4. The van der Waals surface area contributed by atoms with Crippen molar-refractivity contribution in [2.75, 3.05) is 9.71 Å². The molecule has 0 unspecified atom stereocenters. The molecule has 0 N–H and O–H groups in total. The third-order valence-corrected chi connectivity index (χ3v) is 18.8. The molecular weight excluding hydrogens is 864 g/mol. The van der Waals surface area contributed by atoms with Crippen LogP contribution in [0.25, 0.3) is 43.1 Å². The van der Waals surface area contributed by atoms with Crippen LogP contribution in [0.4, 0.5) is 27.8 Å². The summed E-state index contributed by atoms with van der Waals surface area (Å²) in [7, 11) is 0. The normalized spacial score (nSPS) is 18.3. The van der Waals surface area contributed by atoms with Crippen molar-refractivity contribution in [2.45, 2.75) is 155 Å². The number of benzene rings is 7. The van der Waals surface area contributed by atoms with E-state index >= 15 is 0 Å². The molecule has 0 radical (unpaired) electrons. The monoisotopic (exact) mass is 935 g/mol. The average Bonchev–Trinajstić information content (AvgIpc) is 3.69. The minimum Gasteiger partial charge on any atom is -0.376 e. The lowest BCUT2D eigenvalue weighted by Crippen LogP contribution is -2.61. The van der Waals surface area contributed by atoms with Gasteiger partial charge in [0.25, 0.3) is 0 Å². The number of fused-ring (bicyclic) bond motifs is 10. The fourth-order valence-electron chi connectivity index (χ4n) is 13.0. The first-order chi connectivity index (χ1) is 32.9. The molecule has 354 valence electrons. The van der Waals surface area contributed by atoms with Gasteiger partial charge < -0.3 is 9.71 Å². The zero-order chi connectivity index (χ0) is 49.2. The topological polar surface area (TPSA) is 6.48 Å². The van der Waals surface area contributed by atoms with E-state index in [1.54, 1.807) is 0 Å². The molecule has 2 nitrogen and oxygen atoms in total. The first-order valence-corrected chi connectivity index (χ1v) is 27.0. The second-order valence-electron chi connectivity index (χ2n) is 26.3. The van der Waals surface area contributed by atoms with Gasteiger partial charge >= 0.3 is 6.85 Å². The zero-order valence-corrected chi connectivity index (χ0v) is 45.1. The van der Waals surface area contributed by atoms with Crippen molar-refractivity contribution in [3.05, 3.63) is 161 Å². The maximum Gasteiger partial charge on any atom is 0.334 e. The van der Waals surface area contributed by atoms with Gasteiger partial charge in [-0.25, -0.2) is 0 Å². The van der Waals surface area contributed by atoms with Crippen LogP contribution in [0.3, 0.4) is 0 Å². The van der Waals surface area contributed by atoms with Gasteiger partial charge in [-0.2, -0.15) is 0 Å². The van der Waals surface area contributed by atoms with Crippen molar-refractivity contribution < 1.29 is 0 Å². The van der Waals surface area contributed by atoms with Crippen LogP contribution in [-0.2, 0) is 32.5 Å². The molecule has 3 heterocycles. The highest BCUT2D eigenvalue weighted by Crippen LogP contribution is 2.56. The third kappa shape index (κ3) is 6.78. The molecule has 4 heteroatoms. The molecular formula is C66H71BN2S. The summed E-state index contributed by atoms with van der Waals surface area (Å²) < 4.78 is 1.38. The van der Waals surface area contributed by atoms with Gasteiger partial charge in [0.2, 0.25) is 0 Å². The fraction of sp³-hybridized carbons (Fsp3) is 0.364. The van der Waals surface area contributed by atoms with Crippen molar-refractivity contribution in [2.24, 2.45) is 0 Å². The van der Waals surface area contributed by atoms with Gasteiger partial charge in [-0.05, 0) is 179 Å². The molecule has 7 aromatic carbocycles. The average molecular weight is 935 g/mol. The van der Waals surface area contributed by atoms with Crippen molar-refractivity contribution in [3.8, 4) is 22.3 Å². The van der Waals surface area contributed by atoms with E-state index in [-0.39, 0.29) is 39.3 Å². The molecule has 0 atom stereocenters. The quantitative estimate of drug-likeness (QED) is 0.163. The lowest BCUT2D eigenvalue weighted by molar-refractivity contribution is 0.332. The first-order valence-electron chi connectivity index (χ1n) is 26.2. The van der Waals surface area contributed by atoms with Gasteiger partial charge in [-0.3, -0.25) is 0 Å². The van der Waals surface area contributed by atoms with Crippen molar-refractivity contribution in [1.29, 1.82) is 0 Å². The summed E-state index contributed by atoms with van der Waals surface area (Å²) >= 11 is 2.02. The Morgan fingerprint density at radius 1 is 0.471 bits per heavy atom. The summed E-state index contributed by atoms with van der Waals surface area (Å²) in [6.45, 7) is 33.9. The number of hydrogen-bond acceptors (Lipinski definition) is 3. The molecule has 8 aromatic rings. The molecule has 70 heavy (non-hydrogen) atoms. The smallest absolute Gasteiger partial charge is 0.334 e. The maximum absolute atomic E-state index is 2.80. The van der Waals surface area contributed by atoms with Crippen LogP contribution < -0.4 is 20.6 Å². The molecule has 2 aliphatic heterocycles. The number of nitrogens with zero attached hydrogens (tertiary/aromatic N) is 2. The Hall–Kier alpha value is -5.58. The second kappa shape index (κ2) is 15.0. The van der Waals surface area contributed by atoms with E-state index in [0.717, 1.165) is 0 Å². The van der Waals surface area contributed by atoms with Gasteiger partial charge in [-0.15, -0.1) is 11.3 Å². The number of rotatable bonds is 3. The predicted molar refractivity (Wildman–Crippen MR) is 306 cm³/mol. The molecule has 4 aliphatic rings. The summed E-state index contributed by atoms with van der Waals surface area (Å²) in [6.07, 6.45) is 4.73. The van der Waals surface area contributed by atoms with Crippen molar-refractivity contribution in [1.82, 2.24) is 0 Å². The van der Waals surface area contributed by atoms with E-state index in [1.165, 1.54) is 141 Å². The zero-order valence-electron chi connectivity index (χ0n) is 44.3. The number of hydrogen-bond donors (Lipinski definition) is 0. The predicted octanol–water partition coefficient (Wildman–Crippen LogP) is 17.7. The molecule has 1 aromatic heterocycles. The van der Waals surface area contributed by atoms with E-state index in [0.29, 0.717) is 0 Å². The standard InChI is InChI=1S/C66H71BN2S/c1-61(2,3)42-24-28-54(46(35-42)40-20-16-15-17-21-40)68-59-45-23-19-18-22-41(45)34-48-47-36-43(62(4,5)6)25-29-55(47)69(44-26-27-50-51(37-44)64(9,10)31-30-63(50,7)8)67(57(48)59)58-49-38-52-53(39-56(49)70-60(58)68)66(13,14)33-32-65(52,11)12/h15-29,34-39H,30-33H2,1-14H3. The van der Waals surface area contributed by atoms with Crippen LogP contribution in [0.1, 0.15) is 156 Å². The summed E-state index contributed by atoms with van der Waals surface area (Å²) in [6, 6.07) is 50.7. The van der Waals surface area contributed by atoms with E-state index in [1.807, 2.05) is 11.3 Å². The van der Waals surface area contributed by atoms with Crippen molar-refractivity contribution >= 4 is 77.7 Å².